The standard InChI is InChI=1S/C11H14N2O2/c1-2-3-5-6-4-7-9(8(5)6)12-13-10(7)11(14)15/h5-6,8H,2-4H2,1H3,(H,12,13)(H,14,15)/t5?,6-,8+/m0/s1. The second-order valence-electron chi connectivity index (χ2n) is 4.62. The maximum Gasteiger partial charge on any atom is 0.356 e. The highest BCUT2D eigenvalue weighted by molar-refractivity contribution is 5.87. The summed E-state index contributed by atoms with van der Waals surface area (Å²) in [6, 6.07) is 0. The van der Waals surface area contributed by atoms with Crippen LogP contribution in [0.1, 0.15) is 47.4 Å². The lowest BCUT2D eigenvalue weighted by molar-refractivity contribution is 0.0689. The third kappa shape index (κ3) is 1.07. The Kier molecular flexibility index (Phi) is 1.69. The van der Waals surface area contributed by atoms with Crippen molar-refractivity contribution in [1.82, 2.24) is 10.2 Å². The van der Waals surface area contributed by atoms with Gasteiger partial charge in [0.05, 0.1) is 0 Å². The van der Waals surface area contributed by atoms with Gasteiger partial charge in [-0.25, -0.2) is 4.79 Å². The van der Waals surface area contributed by atoms with E-state index in [1.165, 1.54) is 12.8 Å². The van der Waals surface area contributed by atoms with Crippen LogP contribution in [0.15, 0.2) is 0 Å². The Hall–Kier alpha value is -1.32. The van der Waals surface area contributed by atoms with E-state index < -0.39 is 5.97 Å². The number of carbonyl (C=O) groups is 1. The van der Waals surface area contributed by atoms with Crippen LogP contribution < -0.4 is 0 Å². The Labute approximate surface area is 87.7 Å². The molecule has 0 saturated heterocycles. The van der Waals surface area contributed by atoms with Crippen LogP contribution in [0.25, 0.3) is 0 Å². The summed E-state index contributed by atoms with van der Waals surface area (Å²) in [5, 5.41) is 15.7. The normalized spacial score (nSPS) is 31.1. The number of aromatic amines is 1. The van der Waals surface area contributed by atoms with Crippen molar-refractivity contribution in [3.8, 4) is 0 Å². The zero-order valence-corrected chi connectivity index (χ0v) is 8.66. The first-order chi connectivity index (χ1) is 7.24. The minimum absolute atomic E-state index is 0.243. The quantitative estimate of drug-likeness (QED) is 0.792. The fourth-order valence-corrected chi connectivity index (χ4v) is 3.15. The van der Waals surface area contributed by atoms with E-state index in [1.54, 1.807) is 0 Å². The molecule has 0 spiro atoms. The third-order valence-corrected chi connectivity index (χ3v) is 3.83. The Bertz CT molecular complexity index is 424. The monoisotopic (exact) mass is 206 g/mol. The van der Waals surface area contributed by atoms with Crippen LogP contribution in [0.4, 0.5) is 0 Å². The number of H-pyrrole nitrogens is 1. The van der Waals surface area contributed by atoms with Gasteiger partial charge in [0.2, 0.25) is 0 Å². The molecular formula is C11H14N2O2. The van der Waals surface area contributed by atoms with Crippen LogP contribution in [-0.2, 0) is 6.42 Å². The van der Waals surface area contributed by atoms with Gasteiger partial charge >= 0.3 is 5.97 Å². The van der Waals surface area contributed by atoms with Gasteiger partial charge in [0.15, 0.2) is 5.69 Å². The number of hydrogen-bond acceptors (Lipinski definition) is 2. The zero-order valence-electron chi connectivity index (χ0n) is 8.66. The number of carboxylic acid groups (broad SMARTS) is 1. The molecular weight excluding hydrogens is 192 g/mol. The van der Waals surface area contributed by atoms with Crippen LogP contribution in [0.5, 0.6) is 0 Å². The van der Waals surface area contributed by atoms with E-state index in [0.29, 0.717) is 11.8 Å². The van der Waals surface area contributed by atoms with Crippen LogP contribution in [0.3, 0.4) is 0 Å². The first-order valence-corrected chi connectivity index (χ1v) is 5.54. The first-order valence-electron chi connectivity index (χ1n) is 5.54. The van der Waals surface area contributed by atoms with Crippen molar-refractivity contribution < 1.29 is 9.90 Å². The smallest absolute Gasteiger partial charge is 0.356 e. The summed E-state index contributed by atoms with van der Waals surface area (Å²) in [5.41, 5.74) is 2.31. The maximum atomic E-state index is 10.9. The fourth-order valence-electron chi connectivity index (χ4n) is 3.15. The number of fused-ring (bicyclic) bond motifs is 3. The van der Waals surface area contributed by atoms with Crippen molar-refractivity contribution in [3.63, 3.8) is 0 Å². The number of hydrogen-bond donors (Lipinski definition) is 2. The largest absolute Gasteiger partial charge is 0.476 e. The predicted octanol–water partition coefficient (Wildman–Crippen LogP) is 1.79. The van der Waals surface area contributed by atoms with E-state index in [0.717, 1.165) is 23.6 Å². The van der Waals surface area contributed by atoms with Crippen molar-refractivity contribution in [3.05, 3.63) is 17.0 Å². The summed E-state index contributed by atoms with van der Waals surface area (Å²) in [6.07, 6.45) is 3.39. The second-order valence-corrected chi connectivity index (χ2v) is 4.62. The molecule has 1 saturated carbocycles. The van der Waals surface area contributed by atoms with Gasteiger partial charge in [-0.15, -0.1) is 0 Å². The number of aromatic carboxylic acids is 1. The summed E-state index contributed by atoms with van der Waals surface area (Å²) in [6.45, 7) is 2.20. The minimum Gasteiger partial charge on any atom is -0.476 e. The molecule has 3 atom stereocenters. The van der Waals surface area contributed by atoms with Crippen LogP contribution >= 0.6 is 0 Å². The van der Waals surface area contributed by atoms with Gasteiger partial charge < -0.3 is 5.11 Å². The summed E-state index contributed by atoms with van der Waals surface area (Å²) in [4.78, 5) is 10.9. The summed E-state index contributed by atoms with van der Waals surface area (Å²) in [7, 11) is 0. The van der Waals surface area contributed by atoms with E-state index in [4.69, 9.17) is 5.11 Å². The van der Waals surface area contributed by atoms with Crippen molar-refractivity contribution in [1.29, 1.82) is 0 Å². The summed E-state index contributed by atoms with van der Waals surface area (Å²) < 4.78 is 0. The first kappa shape index (κ1) is 8.95. The lowest BCUT2D eigenvalue weighted by atomic mass is 10.0. The highest BCUT2D eigenvalue weighted by atomic mass is 16.4. The maximum absolute atomic E-state index is 10.9. The van der Waals surface area contributed by atoms with Gasteiger partial charge in [-0.05, 0) is 24.7 Å². The molecule has 1 aromatic rings. The average Bonchev–Trinajstić information content (AvgIpc) is 2.60. The number of nitrogens with zero attached hydrogens (tertiary/aromatic N) is 1. The summed E-state index contributed by atoms with van der Waals surface area (Å²) in [5.74, 6) is 1.17. The van der Waals surface area contributed by atoms with Gasteiger partial charge in [-0.2, -0.15) is 5.10 Å². The number of rotatable bonds is 3. The minimum atomic E-state index is -0.902. The van der Waals surface area contributed by atoms with Crippen LogP contribution in [0.2, 0.25) is 0 Å². The van der Waals surface area contributed by atoms with E-state index in [2.05, 4.69) is 17.1 Å². The van der Waals surface area contributed by atoms with Gasteiger partial charge in [0, 0.05) is 17.2 Å². The SMILES string of the molecule is CCCC1[C@H]2c3[nH]nc(C(=O)O)c3C[C@@H]12. The topological polar surface area (TPSA) is 66.0 Å². The number of carboxylic acids is 1. The van der Waals surface area contributed by atoms with Crippen molar-refractivity contribution in [2.45, 2.75) is 32.1 Å². The molecule has 0 aromatic carbocycles. The summed E-state index contributed by atoms with van der Waals surface area (Å²) >= 11 is 0. The molecule has 2 N–H and O–H groups in total. The molecule has 4 nitrogen and oxygen atoms in total. The zero-order chi connectivity index (χ0) is 10.6. The van der Waals surface area contributed by atoms with E-state index in [9.17, 15) is 4.79 Å². The van der Waals surface area contributed by atoms with Crippen molar-refractivity contribution in [2.24, 2.45) is 11.8 Å². The Morgan fingerprint density at radius 2 is 2.47 bits per heavy atom. The molecule has 0 radical (unpaired) electrons. The van der Waals surface area contributed by atoms with Gasteiger partial charge in [-0.1, -0.05) is 13.3 Å². The fraction of sp³-hybridized carbons (Fsp3) is 0.636. The Morgan fingerprint density at radius 3 is 3.13 bits per heavy atom. The molecule has 1 heterocycles. The highest BCUT2D eigenvalue weighted by Crippen LogP contribution is 2.62. The Morgan fingerprint density at radius 1 is 1.67 bits per heavy atom. The lowest BCUT2D eigenvalue weighted by Crippen LogP contribution is -2.02. The van der Waals surface area contributed by atoms with Gasteiger partial charge in [0.1, 0.15) is 0 Å². The van der Waals surface area contributed by atoms with E-state index in [1.807, 2.05) is 0 Å². The van der Waals surface area contributed by atoms with Gasteiger partial charge in [0.25, 0.3) is 0 Å². The molecule has 0 aliphatic heterocycles. The molecule has 0 amide bonds. The van der Waals surface area contributed by atoms with Crippen molar-refractivity contribution in [2.75, 3.05) is 0 Å². The predicted molar refractivity (Wildman–Crippen MR) is 53.9 cm³/mol. The number of nitrogens with one attached hydrogen (secondary N) is 1. The molecule has 80 valence electrons. The number of aromatic nitrogens is 2. The molecule has 1 aromatic heterocycles. The molecule has 3 rings (SSSR count). The molecule has 4 heteroatoms. The van der Waals surface area contributed by atoms with Crippen LogP contribution in [-0.4, -0.2) is 21.3 Å². The molecule has 15 heavy (non-hydrogen) atoms. The van der Waals surface area contributed by atoms with Crippen molar-refractivity contribution >= 4 is 5.97 Å². The molecule has 1 fully saturated rings. The highest BCUT2D eigenvalue weighted by Gasteiger charge is 2.56. The van der Waals surface area contributed by atoms with Gasteiger partial charge in [-0.3, -0.25) is 5.10 Å². The molecule has 0 bridgehead atoms. The molecule has 1 unspecified atom stereocenters. The van der Waals surface area contributed by atoms with E-state index in [-0.39, 0.29) is 5.69 Å². The lowest BCUT2D eigenvalue weighted by Gasteiger charge is -2.01. The Balaban J connectivity index is 1.88. The van der Waals surface area contributed by atoms with E-state index >= 15 is 0 Å². The van der Waals surface area contributed by atoms with Crippen LogP contribution in [0, 0.1) is 11.8 Å². The third-order valence-electron chi connectivity index (χ3n) is 3.83. The average molecular weight is 206 g/mol. The second kappa shape index (κ2) is 2.84. The molecule has 2 aliphatic carbocycles. The molecule has 2 aliphatic rings.